The Morgan fingerprint density at radius 1 is 0.377 bits per heavy atom. The van der Waals surface area contributed by atoms with Crippen LogP contribution in [-0.4, -0.2) is 297 Å². The second kappa shape index (κ2) is 24.2. The SMILES string of the molecule is COCOCC[C@H]1O[C@H](Cn2cc([C@H]3O[C@H](Cn4cc([C@H]5O[C@H](Cn6cc([C@H]7O[C@H](Cn8cc([C@H]9O[C@H](CO)[C@@H](O)[C@H](O)[C@@H]9O)nn8)[C@@H](O)[C@H](O)[C@@H]7O)nn6)[C@@H](O)[C@H](O)[C@@H]5O)nn4)[C@@H](O)[C@H](O)[C@@H]3O)nn2)[C@@H](O)[C@H](O)[C@@H]1O. The monoisotopic (exact) mass is 1100 g/mol. The molecule has 4 aromatic rings. The number of aliphatic hydroxyl groups excluding tert-OH is 16. The van der Waals surface area contributed by atoms with E-state index in [1.165, 1.54) is 45.9 Å². The van der Waals surface area contributed by atoms with Gasteiger partial charge in [0.1, 0.15) is 176 Å². The van der Waals surface area contributed by atoms with Gasteiger partial charge in [-0.2, -0.15) is 0 Å². The van der Waals surface area contributed by atoms with Crippen LogP contribution in [0.15, 0.2) is 24.8 Å². The highest BCUT2D eigenvalue weighted by molar-refractivity contribution is 5.11. The van der Waals surface area contributed by atoms with Crippen molar-refractivity contribution in [1.29, 1.82) is 0 Å². The van der Waals surface area contributed by atoms with E-state index in [0.29, 0.717) is 0 Å². The molecule has 16 N–H and O–H groups in total. The summed E-state index contributed by atoms with van der Waals surface area (Å²) in [5.74, 6) is 0. The zero-order chi connectivity index (χ0) is 55.1. The Hall–Kier alpha value is -4.36. The van der Waals surface area contributed by atoms with Gasteiger partial charge in [-0.05, 0) is 6.42 Å². The van der Waals surface area contributed by atoms with E-state index < -0.39 is 159 Å². The molecule has 77 heavy (non-hydrogen) atoms. The minimum absolute atomic E-state index is 0.000513. The number of rotatable bonds is 18. The standard InChI is InChI=1S/C42H64N12O23/c1-71-13-72-3-2-18-24(56)30(62)25(57)19(73-18)8-51-4-14(43-47-51)39-35(67)31(63)26(58)20(74-39)9-52-5-15(44-48-52)40-36(68)32(64)27(59)21(75-40)10-53-6-16(45-49-53)41-37(69)33(65)28(60)22(76-41)11-54-7-17(46-50-54)42-38(70)34(66)29(61)23(12-55)77-42/h4-7,18-42,55-70H,2-3,8-13H2,1H3/t18-,19-,20-,21-,22-,23-,24-,25-,26-,27-,28-,29-,30-,31+,32+,33+,34+,35+,36+,37+,38+,39-,40-,41-,42-/m1/s1. The van der Waals surface area contributed by atoms with Gasteiger partial charge in [-0.1, -0.05) is 20.9 Å². The van der Waals surface area contributed by atoms with Gasteiger partial charge in [0.05, 0.1) is 70.3 Å². The van der Waals surface area contributed by atoms with Crippen LogP contribution < -0.4 is 0 Å². The molecule has 4 aromatic heterocycles. The summed E-state index contributed by atoms with van der Waals surface area (Å²) in [5.41, 5.74) is -0.123. The van der Waals surface area contributed by atoms with Gasteiger partial charge in [0, 0.05) is 7.11 Å². The Bertz CT molecular complexity index is 2510. The molecule has 0 aliphatic carbocycles. The van der Waals surface area contributed by atoms with Crippen molar-refractivity contribution in [2.24, 2.45) is 0 Å². The number of hydrogen-bond donors (Lipinski definition) is 16. The topological polar surface area (TPSA) is 511 Å². The molecule has 5 saturated heterocycles. The fourth-order valence-electron chi connectivity index (χ4n) is 10.0. The van der Waals surface area contributed by atoms with Crippen molar-refractivity contribution in [2.45, 2.75) is 185 Å². The first-order valence-electron chi connectivity index (χ1n) is 24.5. The van der Waals surface area contributed by atoms with Gasteiger partial charge in [-0.3, -0.25) is 0 Å². The molecule has 25 atom stereocenters. The van der Waals surface area contributed by atoms with E-state index in [9.17, 15) is 81.7 Å². The van der Waals surface area contributed by atoms with Crippen LogP contribution in [0.2, 0.25) is 0 Å². The molecule has 5 aliphatic heterocycles. The molecule has 0 unspecified atom stereocenters. The maximum absolute atomic E-state index is 11.1. The van der Waals surface area contributed by atoms with Crippen molar-refractivity contribution in [1.82, 2.24) is 60.0 Å². The third-order valence-electron chi connectivity index (χ3n) is 14.4. The van der Waals surface area contributed by atoms with E-state index in [1.807, 2.05) is 0 Å². The lowest BCUT2D eigenvalue weighted by Gasteiger charge is -2.40. The molecule has 9 rings (SSSR count). The maximum Gasteiger partial charge on any atom is 0.146 e. The first-order valence-corrected chi connectivity index (χ1v) is 24.5. The summed E-state index contributed by atoms with van der Waals surface area (Å²) in [6.07, 6.45) is -32.4. The lowest BCUT2D eigenvalue weighted by molar-refractivity contribution is -0.232. The number of hydrogen-bond acceptors (Lipinski definition) is 31. The second-order valence-corrected chi connectivity index (χ2v) is 19.7. The summed E-state index contributed by atoms with van der Waals surface area (Å²) in [6, 6.07) is 0. The zero-order valence-corrected chi connectivity index (χ0v) is 40.8. The van der Waals surface area contributed by atoms with Crippen LogP contribution in [0.5, 0.6) is 0 Å². The Kier molecular flexibility index (Phi) is 18.0. The van der Waals surface area contributed by atoms with Crippen molar-refractivity contribution in [3.63, 3.8) is 0 Å². The molecule has 35 heteroatoms. The lowest BCUT2D eigenvalue weighted by atomic mass is 9.93. The van der Waals surface area contributed by atoms with Crippen LogP contribution in [0.3, 0.4) is 0 Å². The van der Waals surface area contributed by atoms with E-state index in [2.05, 4.69) is 41.2 Å². The third kappa shape index (κ3) is 11.8. The Balaban J connectivity index is 0.820. The predicted octanol–water partition coefficient (Wildman–Crippen LogP) is -10.9. The summed E-state index contributed by atoms with van der Waals surface area (Å²) in [7, 11) is 1.44. The summed E-state index contributed by atoms with van der Waals surface area (Å²) in [6.45, 7) is -1.68. The molecule has 5 fully saturated rings. The zero-order valence-electron chi connectivity index (χ0n) is 40.8. The molecule has 5 aliphatic rings. The van der Waals surface area contributed by atoms with Gasteiger partial charge in [0.2, 0.25) is 0 Å². The number of ether oxygens (including phenoxy) is 7. The highest BCUT2D eigenvalue weighted by atomic mass is 16.7. The molecule has 9 heterocycles. The maximum atomic E-state index is 11.1. The largest absolute Gasteiger partial charge is 0.394 e. The molecular formula is C42H64N12O23. The number of aromatic nitrogens is 12. The normalized spacial score (nSPS) is 42.0. The highest BCUT2D eigenvalue weighted by Crippen LogP contribution is 2.37. The summed E-state index contributed by atoms with van der Waals surface area (Å²) >= 11 is 0. The van der Waals surface area contributed by atoms with E-state index in [4.69, 9.17) is 33.2 Å². The molecule has 430 valence electrons. The van der Waals surface area contributed by atoms with Crippen molar-refractivity contribution >= 4 is 0 Å². The number of nitrogens with zero attached hydrogens (tertiary/aromatic N) is 12. The van der Waals surface area contributed by atoms with E-state index >= 15 is 0 Å². The van der Waals surface area contributed by atoms with Gasteiger partial charge in [-0.25, -0.2) is 18.7 Å². The van der Waals surface area contributed by atoms with Crippen molar-refractivity contribution in [3.05, 3.63) is 47.6 Å². The smallest absolute Gasteiger partial charge is 0.146 e. The molecule has 0 aromatic carbocycles. The van der Waals surface area contributed by atoms with Gasteiger partial charge in [-0.15, -0.1) is 20.4 Å². The molecule has 35 nitrogen and oxygen atoms in total. The molecular weight excluding hydrogens is 1040 g/mol. The van der Waals surface area contributed by atoms with Crippen molar-refractivity contribution in [2.75, 3.05) is 27.1 Å². The highest BCUT2D eigenvalue weighted by Gasteiger charge is 2.51. The van der Waals surface area contributed by atoms with Crippen LogP contribution in [0.25, 0.3) is 0 Å². The van der Waals surface area contributed by atoms with E-state index in [1.54, 1.807) is 0 Å². The van der Waals surface area contributed by atoms with Crippen LogP contribution in [0.1, 0.15) is 53.6 Å². The third-order valence-corrected chi connectivity index (χ3v) is 14.4. The Morgan fingerprint density at radius 3 is 0.961 bits per heavy atom. The van der Waals surface area contributed by atoms with Crippen molar-refractivity contribution < 1.29 is 115 Å². The summed E-state index contributed by atoms with van der Waals surface area (Å²) in [4.78, 5) is 0. The lowest BCUT2D eigenvalue weighted by Crippen LogP contribution is -2.58. The number of methoxy groups -OCH3 is 1. The van der Waals surface area contributed by atoms with Gasteiger partial charge >= 0.3 is 0 Å². The van der Waals surface area contributed by atoms with E-state index in [-0.39, 0.29) is 68.8 Å². The predicted molar refractivity (Wildman–Crippen MR) is 239 cm³/mol. The fraction of sp³-hybridized carbons (Fsp3) is 0.810. The minimum Gasteiger partial charge on any atom is -0.394 e. The fourth-order valence-corrected chi connectivity index (χ4v) is 10.0. The van der Waals surface area contributed by atoms with Crippen molar-refractivity contribution in [3.8, 4) is 0 Å². The molecule has 0 radical (unpaired) electrons. The average Bonchev–Trinajstić information content (AvgIpc) is 4.29. The Morgan fingerprint density at radius 2 is 0.649 bits per heavy atom. The van der Waals surface area contributed by atoms with Gasteiger partial charge in [0.15, 0.2) is 0 Å². The summed E-state index contributed by atoms with van der Waals surface area (Å²) < 4.78 is 44.3. The van der Waals surface area contributed by atoms with Crippen LogP contribution in [0.4, 0.5) is 0 Å². The quantitative estimate of drug-likeness (QED) is 0.0325. The summed E-state index contributed by atoms with van der Waals surface area (Å²) in [5, 5.41) is 203. The Labute approximate surface area is 434 Å². The molecule has 0 saturated carbocycles. The van der Waals surface area contributed by atoms with Crippen LogP contribution >= 0.6 is 0 Å². The van der Waals surface area contributed by atoms with E-state index in [0.717, 1.165) is 4.68 Å². The van der Waals surface area contributed by atoms with Crippen LogP contribution in [-0.2, 0) is 59.3 Å². The molecule has 0 bridgehead atoms. The first-order chi connectivity index (χ1) is 36.8. The molecule has 0 amide bonds. The molecule has 0 spiro atoms. The van der Waals surface area contributed by atoms with Gasteiger partial charge < -0.3 is 115 Å². The number of aliphatic hydroxyl groups is 16. The average molecular weight is 1110 g/mol. The second-order valence-electron chi connectivity index (χ2n) is 19.7. The van der Waals surface area contributed by atoms with Crippen LogP contribution in [0, 0.1) is 0 Å². The first kappa shape index (κ1) is 57.3. The minimum atomic E-state index is -1.81. The van der Waals surface area contributed by atoms with Gasteiger partial charge in [0.25, 0.3) is 0 Å².